The first kappa shape index (κ1) is 33.8. The Balaban J connectivity index is 1.09. The average Bonchev–Trinajstić information content (AvgIpc) is 3.89. The van der Waals surface area contributed by atoms with E-state index in [-0.39, 0.29) is 0 Å². The lowest BCUT2D eigenvalue weighted by Crippen LogP contribution is -1.91. The molecule has 0 saturated heterocycles. The highest BCUT2D eigenvalue weighted by molar-refractivity contribution is 7.26. The van der Waals surface area contributed by atoms with Crippen molar-refractivity contribution in [3.63, 3.8) is 0 Å². The molecule has 11 aromatic carbocycles. The molecule has 0 aliphatic carbocycles. The van der Waals surface area contributed by atoms with Gasteiger partial charge in [-0.25, -0.2) is 0 Å². The normalized spacial score (nSPS) is 12.0. The van der Waals surface area contributed by atoms with E-state index in [0.717, 1.165) is 0 Å². The molecule has 0 bridgehead atoms. The molecule has 0 nitrogen and oxygen atoms in total. The summed E-state index contributed by atoms with van der Waals surface area (Å²) in [6, 6.07) is 76.8. The lowest BCUT2D eigenvalue weighted by molar-refractivity contribution is 1.67. The smallest absolute Gasteiger partial charge is 0.0434 e. The van der Waals surface area contributed by atoms with Gasteiger partial charge in [-0.3, -0.25) is 0 Å². The van der Waals surface area contributed by atoms with Gasteiger partial charge in [-0.1, -0.05) is 182 Å². The summed E-state index contributed by atoms with van der Waals surface area (Å²) < 4.78 is 5.29. The number of hydrogen-bond donors (Lipinski definition) is 0. The minimum Gasteiger partial charge on any atom is -0.135 e. The van der Waals surface area contributed by atoms with E-state index in [0.29, 0.717) is 0 Å². The third-order valence-electron chi connectivity index (χ3n) is 12.7. The van der Waals surface area contributed by atoms with Crippen molar-refractivity contribution in [1.82, 2.24) is 0 Å². The topological polar surface area (TPSA) is 0 Å². The van der Waals surface area contributed by atoms with E-state index in [4.69, 9.17) is 0 Å². The highest BCUT2D eigenvalue weighted by atomic mass is 32.1. The summed E-state index contributed by atoms with van der Waals surface area (Å²) in [5.41, 5.74) is 10.3. The molecule has 13 aromatic rings. The summed E-state index contributed by atoms with van der Waals surface area (Å²) >= 11 is 3.80. The first-order valence-corrected chi connectivity index (χ1v) is 22.2. The first-order chi connectivity index (χ1) is 29.8. The Hall–Kier alpha value is -7.10. The molecule has 0 fully saturated rings. The lowest BCUT2D eigenvalue weighted by atomic mass is 9.84. The van der Waals surface area contributed by atoms with Crippen LogP contribution in [0.5, 0.6) is 0 Å². The fourth-order valence-electron chi connectivity index (χ4n) is 10.2. The Morgan fingerprint density at radius 2 is 0.667 bits per heavy atom. The van der Waals surface area contributed by atoms with Crippen molar-refractivity contribution in [3.05, 3.63) is 206 Å². The zero-order valence-corrected chi connectivity index (χ0v) is 34.1. The molecule has 0 atom stereocenters. The summed E-state index contributed by atoms with van der Waals surface area (Å²) in [5, 5.41) is 15.5. The van der Waals surface area contributed by atoms with Gasteiger partial charge in [-0.2, -0.15) is 0 Å². The molecule has 0 amide bonds. The van der Waals surface area contributed by atoms with Gasteiger partial charge in [0.15, 0.2) is 0 Å². The summed E-state index contributed by atoms with van der Waals surface area (Å²) in [5.74, 6) is 0. The van der Waals surface area contributed by atoms with E-state index in [1.165, 1.54) is 128 Å². The summed E-state index contributed by atoms with van der Waals surface area (Å²) in [6.07, 6.45) is 0. The fraction of sp³-hybridized carbons (Fsp3) is 0. The van der Waals surface area contributed by atoms with Crippen LogP contribution in [0.25, 0.3) is 128 Å². The fourth-order valence-corrected chi connectivity index (χ4v) is 12.5. The standard InChI is InChI=1S/C58H34S2/c1-2-16-35(17-3-1)53-38-19-4-8-23-42(38)55(43-24-9-5-20-39(43)53)46-27-15-31-52-57(46)48-29-14-28-47(58(48)60-52)56-44-25-10-6-21-40(44)54(41-22-7-11-26-45(41)56)36-32-33-51-49(34-36)37-18-12-13-30-50(37)59-51/h1-34H. The van der Waals surface area contributed by atoms with Crippen LogP contribution in [0.4, 0.5) is 0 Å². The van der Waals surface area contributed by atoms with Crippen LogP contribution in [0.3, 0.4) is 0 Å². The van der Waals surface area contributed by atoms with Crippen molar-refractivity contribution in [2.75, 3.05) is 0 Å². The molecule has 13 rings (SSSR count). The van der Waals surface area contributed by atoms with Crippen LogP contribution >= 0.6 is 22.7 Å². The van der Waals surface area contributed by atoms with Gasteiger partial charge in [0.25, 0.3) is 0 Å². The molecule has 2 heterocycles. The van der Waals surface area contributed by atoms with Crippen molar-refractivity contribution >= 4 is 106 Å². The SMILES string of the molecule is c1ccc(-c2c3ccccc3c(-c3cccc4sc5c(-c6c7ccccc7c(-c7ccc8sc9ccccc9c8c7)c7ccccc67)cccc5c34)c3ccccc23)cc1. The molecule has 0 unspecified atom stereocenters. The monoisotopic (exact) mass is 794 g/mol. The van der Waals surface area contributed by atoms with Gasteiger partial charge in [0.1, 0.15) is 0 Å². The average molecular weight is 795 g/mol. The Labute approximate surface area is 354 Å². The largest absolute Gasteiger partial charge is 0.135 e. The van der Waals surface area contributed by atoms with E-state index in [1.807, 2.05) is 22.7 Å². The molecular formula is C58H34S2. The molecule has 0 radical (unpaired) electrons. The van der Waals surface area contributed by atoms with E-state index in [1.54, 1.807) is 0 Å². The predicted octanol–water partition coefficient (Wildman–Crippen LogP) is 17.7. The predicted molar refractivity (Wildman–Crippen MR) is 264 cm³/mol. The van der Waals surface area contributed by atoms with Crippen LogP contribution in [0.15, 0.2) is 206 Å². The zero-order valence-electron chi connectivity index (χ0n) is 32.4. The van der Waals surface area contributed by atoms with E-state index < -0.39 is 0 Å². The van der Waals surface area contributed by atoms with Crippen molar-refractivity contribution in [2.45, 2.75) is 0 Å². The first-order valence-electron chi connectivity index (χ1n) is 20.6. The maximum Gasteiger partial charge on any atom is 0.0434 e. The molecule has 60 heavy (non-hydrogen) atoms. The Morgan fingerprint density at radius 1 is 0.233 bits per heavy atom. The Kier molecular flexibility index (Phi) is 7.45. The Morgan fingerprint density at radius 3 is 1.28 bits per heavy atom. The molecule has 0 aliphatic heterocycles. The van der Waals surface area contributed by atoms with Gasteiger partial charge in [-0.15, -0.1) is 22.7 Å². The number of benzene rings is 11. The van der Waals surface area contributed by atoms with E-state index in [2.05, 4.69) is 206 Å². The molecule has 0 spiro atoms. The van der Waals surface area contributed by atoms with Crippen LogP contribution in [0.1, 0.15) is 0 Å². The minimum absolute atomic E-state index is 1.24. The number of rotatable bonds is 4. The second-order valence-electron chi connectivity index (χ2n) is 15.8. The zero-order chi connectivity index (χ0) is 39.3. The van der Waals surface area contributed by atoms with Gasteiger partial charge in [-0.05, 0) is 106 Å². The second-order valence-corrected chi connectivity index (χ2v) is 18.0. The number of fused-ring (bicyclic) bond motifs is 10. The van der Waals surface area contributed by atoms with Gasteiger partial charge < -0.3 is 0 Å². The van der Waals surface area contributed by atoms with Crippen LogP contribution in [-0.2, 0) is 0 Å². The van der Waals surface area contributed by atoms with Crippen LogP contribution in [0.2, 0.25) is 0 Å². The summed E-state index contributed by atoms with van der Waals surface area (Å²) in [7, 11) is 0. The van der Waals surface area contributed by atoms with Gasteiger partial charge in [0, 0.05) is 45.9 Å². The maximum atomic E-state index is 2.43. The quantitative estimate of drug-likeness (QED) is 0.156. The van der Waals surface area contributed by atoms with Crippen LogP contribution in [0, 0.1) is 0 Å². The molecule has 278 valence electrons. The number of thiophene rings is 2. The molecule has 0 aliphatic rings. The van der Waals surface area contributed by atoms with Crippen molar-refractivity contribution < 1.29 is 0 Å². The van der Waals surface area contributed by atoms with E-state index >= 15 is 0 Å². The molecule has 2 heteroatoms. The maximum absolute atomic E-state index is 2.43. The summed E-state index contributed by atoms with van der Waals surface area (Å²) in [6.45, 7) is 0. The minimum atomic E-state index is 1.24. The summed E-state index contributed by atoms with van der Waals surface area (Å²) in [4.78, 5) is 0. The van der Waals surface area contributed by atoms with Gasteiger partial charge in [0.05, 0.1) is 0 Å². The third-order valence-corrected chi connectivity index (χ3v) is 15.0. The van der Waals surface area contributed by atoms with Gasteiger partial charge >= 0.3 is 0 Å². The second kappa shape index (κ2) is 13.2. The third kappa shape index (κ3) is 4.90. The van der Waals surface area contributed by atoms with Crippen molar-refractivity contribution in [2.24, 2.45) is 0 Å². The Bertz CT molecular complexity index is 3770. The lowest BCUT2D eigenvalue weighted by Gasteiger charge is -2.19. The van der Waals surface area contributed by atoms with Crippen LogP contribution in [-0.4, -0.2) is 0 Å². The molecular weight excluding hydrogens is 761 g/mol. The number of hydrogen-bond acceptors (Lipinski definition) is 2. The van der Waals surface area contributed by atoms with Crippen molar-refractivity contribution in [3.8, 4) is 44.5 Å². The van der Waals surface area contributed by atoms with E-state index in [9.17, 15) is 0 Å². The van der Waals surface area contributed by atoms with Gasteiger partial charge in [0.2, 0.25) is 0 Å². The molecule has 0 N–H and O–H groups in total. The highest BCUT2D eigenvalue weighted by Gasteiger charge is 2.23. The molecule has 2 aromatic heterocycles. The molecule has 0 saturated carbocycles. The highest BCUT2D eigenvalue weighted by Crippen LogP contribution is 2.52. The van der Waals surface area contributed by atoms with Crippen LogP contribution < -0.4 is 0 Å². The van der Waals surface area contributed by atoms with Crippen molar-refractivity contribution in [1.29, 1.82) is 0 Å².